The summed E-state index contributed by atoms with van der Waals surface area (Å²) in [4.78, 5) is 37.8. The van der Waals surface area contributed by atoms with E-state index in [1.165, 1.54) is 24.3 Å². The molecule has 10 heteroatoms. The molecule has 2 aromatic rings. The summed E-state index contributed by atoms with van der Waals surface area (Å²) in [5.74, 6) is -0.233. The molecular formula is C21H20N2O8. The van der Waals surface area contributed by atoms with Crippen LogP contribution in [0.15, 0.2) is 36.4 Å². The predicted molar refractivity (Wildman–Crippen MR) is 108 cm³/mol. The third-order valence-corrected chi connectivity index (χ3v) is 4.96. The largest absolute Gasteiger partial charge is 0.486 e. The van der Waals surface area contributed by atoms with Crippen LogP contribution in [0.5, 0.6) is 11.5 Å². The number of nitro groups is 1. The molecular weight excluding hydrogens is 408 g/mol. The Labute approximate surface area is 177 Å². The Morgan fingerprint density at radius 3 is 2.48 bits per heavy atom. The Kier molecular flexibility index (Phi) is 5.99. The van der Waals surface area contributed by atoms with E-state index in [4.69, 9.17) is 18.9 Å². The molecule has 2 aliphatic rings. The number of fused-ring (bicyclic) bond motifs is 1. The highest BCUT2D eigenvalue weighted by molar-refractivity contribution is 6.01. The Balaban J connectivity index is 1.50. The van der Waals surface area contributed by atoms with E-state index in [2.05, 4.69) is 0 Å². The van der Waals surface area contributed by atoms with Crippen molar-refractivity contribution in [3.8, 4) is 11.5 Å². The molecule has 0 spiro atoms. The maximum atomic E-state index is 12.8. The number of benzene rings is 2. The normalized spacial score (nSPS) is 15.3. The van der Waals surface area contributed by atoms with Gasteiger partial charge in [-0.25, -0.2) is 4.79 Å². The Hall–Kier alpha value is -3.66. The van der Waals surface area contributed by atoms with Gasteiger partial charge in [-0.05, 0) is 24.3 Å². The lowest BCUT2D eigenvalue weighted by atomic mass is 10.1. The molecule has 10 nitrogen and oxygen atoms in total. The first kappa shape index (κ1) is 20.6. The number of ketones is 1. The van der Waals surface area contributed by atoms with Gasteiger partial charge in [-0.2, -0.15) is 0 Å². The third kappa shape index (κ3) is 4.58. The summed E-state index contributed by atoms with van der Waals surface area (Å²) < 4.78 is 21.4. The van der Waals surface area contributed by atoms with Crippen molar-refractivity contribution in [2.24, 2.45) is 0 Å². The molecule has 0 aliphatic carbocycles. The topological polar surface area (TPSA) is 117 Å². The van der Waals surface area contributed by atoms with Gasteiger partial charge in [-0.3, -0.25) is 14.9 Å². The van der Waals surface area contributed by atoms with Crippen molar-refractivity contribution in [2.45, 2.75) is 0 Å². The van der Waals surface area contributed by atoms with E-state index in [-0.39, 0.29) is 11.3 Å². The monoisotopic (exact) mass is 428 g/mol. The molecule has 4 rings (SSSR count). The van der Waals surface area contributed by atoms with Gasteiger partial charge < -0.3 is 23.8 Å². The molecule has 1 fully saturated rings. The number of carbonyl (C=O) groups excluding carboxylic acids is 2. The molecule has 1 saturated heterocycles. The number of anilines is 1. The molecule has 0 unspecified atom stereocenters. The quantitative estimate of drug-likeness (QED) is 0.295. The average molecular weight is 428 g/mol. The van der Waals surface area contributed by atoms with Crippen molar-refractivity contribution in [1.82, 2.24) is 0 Å². The molecule has 0 N–H and O–H groups in total. The molecule has 0 amide bonds. The van der Waals surface area contributed by atoms with Crippen LogP contribution in [0.4, 0.5) is 11.4 Å². The molecule has 0 radical (unpaired) electrons. The summed E-state index contributed by atoms with van der Waals surface area (Å²) in [6, 6.07) is 8.75. The summed E-state index contributed by atoms with van der Waals surface area (Å²) in [5, 5.41) is 11.2. The lowest BCUT2D eigenvalue weighted by molar-refractivity contribution is -0.384. The lowest BCUT2D eigenvalue weighted by Crippen LogP contribution is -2.37. The highest BCUT2D eigenvalue weighted by Crippen LogP contribution is 2.31. The molecule has 0 atom stereocenters. The van der Waals surface area contributed by atoms with Gasteiger partial charge in [0.1, 0.15) is 13.2 Å². The van der Waals surface area contributed by atoms with Gasteiger partial charge >= 0.3 is 5.97 Å². The first-order chi connectivity index (χ1) is 15.0. The van der Waals surface area contributed by atoms with E-state index < -0.39 is 23.3 Å². The van der Waals surface area contributed by atoms with Crippen molar-refractivity contribution in [3.63, 3.8) is 0 Å². The van der Waals surface area contributed by atoms with Crippen molar-refractivity contribution < 1.29 is 33.5 Å². The van der Waals surface area contributed by atoms with E-state index >= 15 is 0 Å². The van der Waals surface area contributed by atoms with Gasteiger partial charge in [0.05, 0.1) is 29.4 Å². The summed E-state index contributed by atoms with van der Waals surface area (Å²) in [5.41, 5.74) is 0.614. The van der Waals surface area contributed by atoms with Gasteiger partial charge in [0.25, 0.3) is 5.69 Å². The summed E-state index contributed by atoms with van der Waals surface area (Å²) >= 11 is 0. The number of esters is 1. The van der Waals surface area contributed by atoms with Crippen LogP contribution in [0, 0.1) is 10.1 Å². The number of Topliss-reactive ketones (excluding diaryl/α,β-unsaturated/α-hetero) is 1. The second-order valence-electron chi connectivity index (χ2n) is 6.92. The highest BCUT2D eigenvalue weighted by Gasteiger charge is 2.24. The number of hydrogen-bond acceptors (Lipinski definition) is 9. The van der Waals surface area contributed by atoms with Gasteiger partial charge in [0.15, 0.2) is 23.9 Å². The number of non-ortho nitro benzene ring substituents is 1. The summed E-state index contributed by atoms with van der Waals surface area (Å²) in [6.45, 7) is 2.34. The van der Waals surface area contributed by atoms with Crippen molar-refractivity contribution >= 4 is 23.1 Å². The first-order valence-electron chi connectivity index (χ1n) is 9.74. The Morgan fingerprint density at radius 2 is 1.74 bits per heavy atom. The second kappa shape index (κ2) is 9.00. The number of ether oxygens (including phenoxy) is 4. The van der Waals surface area contributed by atoms with E-state index in [9.17, 15) is 19.7 Å². The van der Waals surface area contributed by atoms with E-state index in [1.807, 2.05) is 4.90 Å². The molecule has 0 bridgehead atoms. The molecule has 31 heavy (non-hydrogen) atoms. The molecule has 2 aliphatic heterocycles. The van der Waals surface area contributed by atoms with Gasteiger partial charge in [0.2, 0.25) is 0 Å². The number of morpholine rings is 1. The average Bonchev–Trinajstić information content (AvgIpc) is 2.82. The Morgan fingerprint density at radius 1 is 1.00 bits per heavy atom. The molecule has 0 saturated carbocycles. The SMILES string of the molecule is O=C(COC(=O)c1cc([N+](=O)[O-])ccc1N1CCOCC1)c1ccc2c(c1)OCCO2. The van der Waals surface area contributed by atoms with Crippen LogP contribution in [0.25, 0.3) is 0 Å². The lowest BCUT2D eigenvalue weighted by Gasteiger charge is -2.30. The fraction of sp³-hybridized carbons (Fsp3) is 0.333. The minimum atomic E-state index is -0.809. The third-order valence-electron chi connectivity index (χ3n) is 4.96. The zero-order chi connectivity index (χ0) is 21.8. The fourth-order valence-electron chi connectivity index (χ4n) is 3.39. The van der Waals surface area contributed by atoms with Gasteiger partial charge in [-0.15, -0.1) is 0 Å². The summed E-state index contributed by atoms with van der Waals surface area (Å²) in [6.07, 6.45) is 0. The van der Waals surface area contributed by atoms with Crippen LogP contribution in [0.2, 0.25) is 0 Å². The molecule has 2 heterocycles. The van der Waals surface area contributed by atoms with E-state index in [0.29, 0.717) is 62.3 Å². The van der Waals surface area contributed by atoms with Crippen molar-refractivity contribution in [3.05, 3.63) is 57.6 Å². The molecule has 2 aromatic carbocycles. The second-order valence-corrected chi connectivity index (χ2v) is 6.92. The van der Waals surface area contributed by atoms with Gasteiger partial charge in [0, 0.05) is 30.8 Å². The van der Waals surface area contributed by atoms with Crippen LogP contribution in [-0.4, -0.2) is 62.8 Å². The maximum Gasteiger partial charge on any atom is 0.340 e. The number of carbonyl (C=O) groups is 2. The number of nitro benzene ring substituents is 1. The van der Waals surface area contributed by atoms with Crippen molar-refractivity contribution in [2.75, 3.05) is 51.0 Å². The fourth-order valence-corrected chi connectivity index (χ4v) is 3.39. The van der Waals surface area contributed by atoms with Gasteiger partial charge in [-0.1, -0.05) is 0 Å². The minimum absolute atomic E-state index is 0.0334. The van der Waals surface area contributed by atoms with E-state index in [0.717, 1.165) is 0 Å². The first-order valence-corrected chi connectivity index (χ1v) is 9.74. The van der Waals surface area contributed by atoms with Crippen LogP contribution >= 0.6 is 0 Å². The van der Waals surface area contributed by atoms with E-state index in [1.54, 1.807) is 12.1 Å². The number of rotatable bonds is 6. The minimum Gasteiger partial charge on any atom is -0.486 e. The van der Waals surface area contributed by atoms with Crippen LogP contribution in [0.1, 0.15) is 20.7 Å². The number of hydrogen-bond donors (Lipinski definition) is 0. The van der Waals surface area contributed by atoms with Crippen LogP contribution in [0.3, 0.4) is 0 Å². The summed E-state index contributed by atoms with van der Waals surface area (Å²) in [7, 11) is 0. The van der Waals surface area contributed by atoms with Crippen LogP contribution in [-0.2, 0) is 9.47 Å². The standard InChI is InChI=1S/C21H20N2O8/c24-18(14-1-4-19-20(11-14)30-10-9-29-19)13-31-21(25)16-12-15(23(26)27)2-3-17(16)22-5-7-28-8-6-22/h1-4,11-12H,5-10,13H2. The maximum absolute atomic E-state index is 12.8. The zero-order valence-corrected chi connectivity index (χ0v) is 16.6. The predicted octanol–water partition coefficient (Wildman–Crippen LogP) is 2.24. The van der Waals surface area contributed by atoms with Crippen molar-refractivity contribution in [1.29, 1.82) is 0 Å². The Bertz CT molecular complexity index is 1020. The highest BCUT2D eigenvalue weighted by atomic mass is 16.6. The number of nitrogens with zero attached hydrogens (tertiary/aromatic N) is 2. The van der Waals surface area contributed by atoms with Crippen LogP contribution < -0.4 is 14.4 Å². The molecule has 0 aromatic heterocycles. The molecule has 162 valence electrons. The zero-order valence-electron chi connectivity index (χ0n) is 16.6. The smallest absolute Gasteiger partial charge is 0.340 e.